The van der Waals surface area contributed by atoms with E-state index in [1.165, 1.54) is 25.3 Å². The number of ketones is 1. The van der Waals surface area contributed by atoms with Crippen LogP contribution in [0.2, 0.25) is 0 Å². The van der Waals surface area contributed by atoms with Crippen molar-refractivity contribution in [3.8, 4) is 5.75 Å². The van der Waals surface area contributed by atoms with Crippen LogP contribution in [0, 0.1) is 5.82 Å². The molecule has 4 aromatic carbocycles. The Hall–Kier alpha value is -4.91. The molecule has 7 heteroatoms. The minimum atomic E-state index is -0.694. The number of halogens is 1. The van der Waals surface area contributed by atoms with Gasteiger partial charge in [0.15, 0.2) is 5.78 Å². The van der Waals surface area contributed by atoms with Gasteiger partial charge in [-0.2, -0.15) is 0 Å². The first kappa shape index (κ1) is 23.8. The molecule has 0 saturated carbocycles. The second-order valence-corrected chi connectivity index (χ2v) is 8.48. The summed E-state index contributed by atoms with van der Waals surface area (Å²) < 4.78 is 19.0. The third-order valence-corrected chi connectivity index (χ3v) is 6.10. The summed E-state index contributed by atoms with van der Waals surface area (Å²) in [6, 6.07) is 27.0. The van der Waals surface area contributed by atoms with Gasteiger partial charge in [-0.25, -0.2) is 4.39 Å². The number of methoxy groups -OCH3 is 1. The van der Waals surface area contributed by atoms with Crippen molar-refractivity contribution in [3.63, 3.8) is 0 Å². The fraction of sp³-hybridized carbons (Fsp3) is 0.0667. The molecule has 0 bridgehead atoms. The van der Waals surface area contributed by atoms with Crippen LogP contribution >= 0.6 is 0 Å². The van der Waals surface area contributed by atoms with Crippen LogP contribution < -0.4 is 15.4 Å². The van der Waals surface area contributed by atoms with Crippen molar-refractivity contribution in [1.29, 1.82) is 0 Å². The minimum Gasteiger partial charge on any atom is -0.495 e. The summed E-state index contributed by atoms with van der Waals surface area (Å²) >= 11 is 0. The van der Waals surface area contributed by atoms with E-state index in [2.05, 4.69) is 15.6 Å². The molecule has 0 fully saturated rings. The summed E-state index contributed by atoms with van der Waals surface area (Å²) in [6.45, 7) is 0. The molecule has 0 radical (unpaired) electrons. The number of ether oxygens (including phenoxy) is 1. The third-order valence-electron chi connectivity index (χ3n) is 6.10. The summed E-state index contributed by atoms with van der Waals surface area (Å²) in [4.78, 5) is 29.7. The van der Waals surface area contributed by atoms with Gasteiger partial charge >= 0.3 is 0 Å². The molecule has 5 rings (SSSR count). The summed E-state index contributed by atoms with van der Waals surface area (Å²) in [5.74, 6) is -0.666. The highest BCUT2D eigenvalue weighted by molar-refractivity contribution is 6.11. The van der Waals surface area contributed by atoms with Crippen molar-refractivity contribution in [3.05, 3.63) is 126 Å². The largest absolute Gasteiger partial charge is 0.495 e. The Balaban J connectivity index is 1.48. The van der Waals surface area contributed by atoms with Crippen molar-refractivity contribution < 1.29 is 18.7 Å². The van der Waals surface area contributed by atoms with Crippen LogP contribution in [0.4, 0.5) is 15.8 Å². The summed E-state index contributed by atoms with van der Waals surface area (Å²) in [5.41, 5.74) is 3.40. The number of anilines is 2. The van der Waals surface area contributed by atoms with Crippen LogP contribution in [0.3, 0.4) is 0 Å². The summed E-state index contributed by atoms with van der Waals surface area (Å²) in [5, 5.41) is 6.95. The molecule has 0 aliphatic rings. The van der Waals surface area contributed by atoms with Gasteiger partial charge in [0.2, 0.25) is 0 Å². The van der Waals surface area contributed by atoms with E-state index in [0.29, 0.717) is 22.7 Å². The molecular weight excluding hydrogens is 469 g/mol. The highest BCUT2D eigenvalue weighted by atomic mass is 19.1. The topological polar surface area (TPSA) is 83.2 Å². The van der Waals surface area contributed by atoms with Gasteiger partial charge in [-0.1, -0.05) is 54.6 Å². The van der Waals surface area contributed by atoms with Crippen molar-refractivity contribution in [1.82, 2.24) is 4.98 Å². The quantitative estimate of drug-likeness (QED) is 0.213. The molecule has 0 saturated heterocycles. The number of H-pyrrole nitrogens is 1. The first-order valence-electron chi connectivity index (χ1n) is 11.7. The van der Waals surface area contributed by atoms with Gasteiger partial charge in [-0.05, 0) is 48.0 Å². The molecule has 1 aromatic heterocycles. The minimum absolute atomic E-state index is 0.107. The molecule has 37 heavy (non-hydrogen) atoms. The molecule has 1 amide bonds. The number of rotatable bonds is 8. The number of aromatic amines is 1. The van der Waals surface area contributed by atoms with E-state index in [1.54, 1.807) is 24.4 Å². The van der Waals surface area contributed by atoms with Gasteiger partial charge in [0.25, 0.3) is 5.91 Å². The lowest BCUT2D eigenvalue weighted by molar-refractivity contribution is 0.0970. The number of fused-ring (bicyclic) bond motifs is 1. The van der Waals surface area contributed by atoms with Crippen LogP contribution in [0.15, 0.2) is 103 Å². The average molecular weight is 494 g/mol. The average Bonchev–Trinajstić information content (AvgIpc) is 3.36. The van der Waals surface area contributed by atoms with Gasteiger partial charge in [-0.3, -0.25) is 9.59 Å². The maximum atomic E-state index is 13.8. The van der Waals surface area contributed by atoms with E-state index in [-0.39, 0.29) is 11.3 Å². The zero-order chi connectivity index (χ0) is 25.8. The fourth-order valence-electron chi connectivity index (χ4n) is 4.26. The molecular formula is C30H24FN3O3. The van der Waals surface area contributed by atoms with E-state index in [1.807, 2.05) is 54.6 Å². The number of carbonyl (C=O) groups is 2. The number of hydrogen-bond donors (Lipinski definition) is 3. The third kappa shape index (κ3) is 5.06. The van der Waals surface area contributed by atoms with E-state index in [4.69, 9.17) is 4.74 Å². The second kappa shape index (κ2) is 10.4. The lowest BCUT2D eigenvalue weighted by Crippen LogP contribution is -2.21. The van der Waals surface area contributed by atoms with Crippen LogP contribution in [0.25, 0.3) is 10.9 Å². The zero-order valence-corrected chi connectivity index (χ0v) is 20.0. The standard InChI is InChI=1S/C30H24FN3O3/c1-37-27-15-14-22(17-26(27)34-30(36)20-10-7-11-21(31)16-20)33-28(19-8-3-2-4-9-19)29(35)24-18-32-25-13-6-5-12-23(24)25/h2-18,28,32-33H,1H3,(H,34,36). The summed E-state index contributed by atoms with van der Waals surface area (Å²) in [6.07, 6.45) is 1.73. The van der Waals surface area contributed by atoms with Crippen LogP contribution in [0.1, 0.15) is 32.3 Å². The number of amides is 1. The predicted molar refractivity (Wildman–Crippen MR) is 143 cm³/mol. The Labute approximate surface area is 213 Å². The van der Waals surface area contributed by atoms with Gasteiger partial charge in [0.1, 0.15) is 17.6 Å². The Kier molecular flexibility index (Phi) is 6.68. The van der Waals surface area contributed by atoms with Crippen LogP contribution in [-0.2, 0) is 0 Å². The van der Waals surface area contributed by atoms with Crippen LogP contribution in [0.5, 0.6) is 5.75 Å². The molecule has 6 nitrogen and oxygen atoms in total. The Morgan fingerprint density at radius 1 is 0.892 bits per heavy atom. The number of benzene rings is 4. The first-order valence-corrected chi connectivity index (χ1v) is 11.7. The SMILES string of the molecule is COc1ccc(NC(C(=O)c2c[nH]c3ccccc23)c2ccccc2)cc1NC(=O)c1cccc(F)c1. The molecule has 1 atom stereocenters. The predicted octanol–water partition coefficient (Wildman–Crippen LogP) is 6.60. The van der Waals surface area contributed by atoms with Crippen molar-refractivity contribution in [2.45, 2.75) is 6.04 Å². The maximum Gasteiger partial charge on any atom is 0.255 e. The van der Waals surface area contributed by atoms with E-state index < -0.39 is 17.8 Å². The number of aromatic nitrogens is 1. The molecule has 0 aliphatic heterocycles. The molecule has 0 spiro atoms. The molecule has 1 heterocycles. The zero-order valence-electron chi connectivity index (χ0n) is 20.0. The normalized spacial score (nSPS) is 11.6. The van der Waals surface area contributed by atoms with E-state index in [9.17, 15) is 14.0 Å². The van der Waals surface area contributed by atoms with Gasteiger partial charge in [-0.15, -0.1) is 0 Å². The van der Waals surface area contributed by atoms with Crippen molar-refractivity contribution in [2.24, 2.45) is 0 Å². The van der Waals surface area contributed by atoms with Gasteiger partial charge in [0, 0.05) is 33.9 Å². The lowest BCUT2D eigenvalue weighted by Gasteiger charge is -2.20. The van der Waals surface area contributed by atoms with Gasteiger partial charge in [0.05, 0.1) is 12.8 Å². The Bertz CT molecular complexity index is 1580. The Morgan fingerprint density at radius 3 is 2.46 bits per heavy atom. The number of para-hydroxylation sites is 1. The summed E-state index contributed by atoms with van der Waals surface area (Å²) in [7, 11) is 1.49. The highest BCUT2D eigenvalue weighted by Crippen LogP contribution is 2.32. The molecule has 1 unspecified atom stereocenters. The number of Topliss-reactive ketones (excluding diaryl/α,β-unsaturated/α-hetero) is 1. The molecule has 184 valence electrons. The number of nitrogens with one attached hydrogen (secondary N) is 3. The fourth-order valence-corrected chi connectivity index (χ4v) is 4.26. The number of hydrogen-bond acceptors (Lipinski definition) is 4. The van der Waals surface area contributed by atoms with Crippen LogP contribution in [-0.4, -0.2) is 23.8 Å². The molecule has 0 aliphatic carbocycles. The smallest absolute Gasteiger partial charge is 0.255 e. The number of carbonyl (C=O) groups excluding carboxylic acids is 2. The second-order valence-electron chi connectivity index (χ2n) is 8.48. The van der Waals surface area contributed by atoms with Crippen molar-refractivity contribution in [2.75, 3.05) is 17.7 Å². The maximum absolute atomic E-state index is 13.8. The molecule has 3 N–H and O–H groups in total. The van der Waals surface area contributed by atoms with Gasteiger partial charge < -0.3 is 20.4 Å². The molecule has 5 aromatic rings. The highest BCUT2D eigenvalue weighted by Gasteiger charge is 2.25. The van der Waals surface area contributed by atoms with Crippen molar-refractivity contribution >= 4 is 34.0 Å². The Morgan fingerprint density at radius 2 is 1.68 bits per heavy atom. The lowest BCUT2D eigenvalue weighted by atomic mass is 9.96. The monoisotopic (exact) mass is 493 g/mol. The van der Waals surface area contributed by atoms with E-state index >= 15 is 0 Å². The van der Waals surface area contributed by atoms with E-state index in [0.717, 1.165) is 22.5 Å². The first-order chi connectivity index (χ1) is 18.0.